The molecule has 0 aliphatic rings. The Bertz CT molecular complexity index is 341. The number of likely N-dealkylation sites (N-methyl/N-ethyl adjacent to an activating group) is 1. The molecule has 2 atom stereocenters. The molecule has 0 heterocycles. The topological polar surface area (TPSA) is 29.3 Å². The van der Waals surface area contributed by atoms with Crippen molar-refractivity contribution in [3.05, 3.63) is 35.6 Å². The molecule has 96 valence electrons. The van der Waals surface area contributed by atoms with E-state index in [1.54, 1.807) is 6.07 Å². The lowest BCUT2D eigenvalue weighted by atomic mass is 9.96. The monoisotopic (exact) mass is 238 g/mol. The predicted octanol–water partition coefficient (Wildman–Crippen LogP) is 2.95. The maximum Gasteiger partial charge on any atom is 0.128 e. The summed E-state index contributed by atoms with van der Waals surface area (Å²) in [5.74, 6) is -0.163. The van der Waals surface area contributed by atoms with Crippen molar-refractivity contribution in [1.82, 2.24) is 4.90 Å². The van der Waals surface area contributed by atoms with Crippen LogP contribution in [0.25, 0.3) is 0 Å². The zero-order valence-corrected chi connectivity index (χ0v) is 11.0. The van der Waals surface area contributed by atoms with Gasteiger partial charge in [0.05, 0.1) is 6.04 Å². The van der Waals surface area contributed by atoms with E-state index < -0.39 is 0 Å². The Hall–Kier alpha value is -0.930. The van der Waals surface area contributed by atoms with Crippen LogP contribution >= 0.6 is 0 Å². The minimum Gasteiger partial charge on any atom is -0.326 e. The van der Waals surface area contributed by atoms with Gasteiger partial charge < -0.3 is 5.73 Å². The Morgan fingerprint density at radius 2 is 1.94 bits per heavy atom. The van der Waals surface area contributed by atoms with Crippen LogP contribution in [0.5, 0.6) is 0 Å². The third-order valence-electron chi connectivity index (χ3n) is 3.15. The van der Waals surface area contributed by atoms with Crippen molar-refractivity contribution in [2.75, 3.05) is 13.6 Å². The fourth-order valence-corrected chi connectivity index (χ4v) is 2.22. The highest BCUT2D eigenvalue weighted by atomic mass is 19.1. The van der Waals surface area contributed by atoms with Gasteiger partial charge in [0, 0.05) is 11.6 Å². The van der Waals surface area contributed by atoms with Crippen LogP contribution in [0.4, 0.5) is 4.39 Å². The van der Waals surface area contributed by atoms with Gasteiger partial charge in [0.1, 0.15) is 5.82 Å². The molecule has 0 bridgehead atoms. The molecule has 0 saturated carbocycles. The van der Waals surface area contributed by atoms with Gasteiger partial charge in [-0.3, -0.25) is 4.90 Å². The molecule has 2 N–H and O–H groups in total. The van der Waals surface area contributed by atoms with Crippen LogP contribution < -0.4 is 5.73 Å². The highest BCUT2D eigenvalue weighted by molar-refractivity contribution is 5.22. The zero-order valence-electron chi connectivity index (χ0n) is 11.0. The first kappa shape index (κ1) is 14.1. The number of rotatable bonds is 6. The van der Waals surface area contributed by atoms with Gasteiger partial charge in [-0.15, -0.1) is 0 Å². The molecule has 1 rings (SSSR count). The Balaban J connectivity index is 3.02. The highest BCUT2D eigenvalue weighted by Gasteiger charge is 2.24. The van der Waals surface area contributed by atoms with Crippen LogP contribution in [0.3, 0.4) is 0 Å². The van der Waals surface area contributed by atoms with Gasteiger partial charge in [-0.2, -0.15) is 0 Å². The van der Waals surface area contributed by atoms with Crippen LogP contribution in [0.1, 0.15) is 38.3 Å². The molecular weight excluding hydrogens is 215 g/mol. The van der Waals surface area contributed by atoms with Gasteiger partial charge in [-0.05, 0) is 32.5 Å². The van der Waals surface area contributed by atoms with Gasteiger partial charge in [0.25, 0.3) is 0 Å². The summed E-state index contributed by atoms with van der Waals surface area (Å²) in [6, 6.07) is 6.84. The lowest BCUT2D eigenvalue weighted by molar-refractivity contribution is 0.205. The molecule has 1 aromatic carbocycles. The quantitative estimate of drug-likeness (QED) is 0.825. The number of hydrogen-bond acceptors (Lipinski definition) is 2. The number of halogens is 1. The third kappa shape index (κ3) is 3.51. The van der Waals surface area contributed by atoms with Gasteiger partial charge in [0.15, 0.2) is 0 Å². The summed E-state index contributed by atoms with van der Waals surface area (Å²) in [7, 11) is 2.01. The van der Waals surface area contributed by atoms with E-state index in [9.17, 15) is 4.39 Å². The first-order valence-electron chi connectivity index (χ1n) is 6.32. The molecule has 0 aromatic heterocycles. The van der Waals surface area contributed by atoms with E-state index in [1.807, 2.05) is 26.1 Å². The lowest BCUT2D eigenvalue weighted by Crippen LogP contribution is -2.39. The average molecular weight is 238 g/mol. The smallest absolute Gasteiger partial charge is 0.128 e. The van der Waals surface area contributed by atoms with Gasteiger partial charge in [0.2, 0.25) is 0 Å². The predicted molar refractivity (Wildman–Crippen MR) is 70.3 cm³/mol. The molecular formula is C14H23FN2. The average Bonchev–Trinajstić information content (AvgIpc) is 2.32. The van der Waals surface area contributed by atoms with Crippen LogP contribution in [0.15, 0.2) is 24.3 Å². The van der Waals surface area contributed by atoms with Crippen molar-refractivity contribution in [3.8, 4) is 0 Å². The fourth-order valence-electron chi connectivity index (χ4n) is 2.22. The molecule has 1 aromatic rings. The lowest BCUT2D eigenvalue weighted by Gasteiger charge is -2.32. The van der Waals surface area contributed by atoms with Crippen LogP contribution in [-0.2, 0) is 0 Å². The standard InChI is InChI=1S/C14H23FN2/c1-4-10-17(3)14(13(16)5-2)11-8-6-7-9-12(11)15/h6-9,13-14H,4-5,10,16H2,1-3H3. The molecule has 0 saturated heterocycles. The fraction of sp³-hybridized carbons (Fsp3) is 0.571. The summed E-state index contributed by atoms with van der Waals surface area (Å²) in [4.78, 5) is 2.15. The highest BCUT2D eigenvalue weighted by Crippen LogP contribution is 2.26. The van der Waals surface area contributed by atoms with Crippen LogP contribution in [0, 0.1) is 5.82 Å². The van der Waals surface area contributed by atoms with E-state index in [-0.39, 0.29) is 17.9 Å². The number of nitrogens with two attached hydrogens (primary N) is 1. The molecule has 0 spiro atoms. The van der Waals surface area contributed by atoms with Crippen LogP contribution in [0.2, 0.25) is 0 Å². The van der Waals surface area contributed by atoms with Crippen molar-refractivity contribution in [2.45, 2.75) is 38.8 Å². The number of benzene rings is 1. The molecule has 17 heavy (non-hydrogen) atoms. The summed E-state index contributed by atoms with van der Waals surface area (Å²) in [5.41, 5.74) is 6.85. The Kier molecular flexibility index (Phi) is 5.59. The summed E-state index contributed by atoms with van der Waals surface area (Å²) in [6.07, 6.45) is 1.88. The molecule has 2 unspecified atom stereocenters. The SMILES string of the molecule is CCCN(C)C(c1ccccc1F)C(N)CC. The minimum absolute atomic E-state index is 0.0385. The van der Waals surface area contributed by atoms with E-state index in [0.717, 1.165) is 19.4 Å². The van der Waals surface area contributed by atoms with E-state index >= 15 is 0 Å². The van der Waals surface area contributed by atoms with Crippen molar-refractivity contribution >= 4 is 0 Å². The molecule has 0 amide bonds. The maximum atomic E-state index is 13.9. The summed E-state index contributed by atoms with van der Waals surface area (Å²) < 4.78 is 13.9. The normalized spacial score (nSPS) is 14.9. The van der Waals surface area contributed by atoms with E-state index in [1.165, 1.54) is 6.07 Å². The largest absolute Gasteiger partial charge is 0.326 e. The van der Waals surface area contributed by atoms with Gasteiger partial charge in [-0.25, -0.2) is 4.39 Å². The minimum atomic E-state index is -0.163. The Morgan fingerprint density at radius 3 is 2.47 bits per heavy atom. The zero-order chi connectivity index (χ0) is 12.8. The Labute approximate surface area is 104 Å². The van der Waals surface area contributed by atoms with Crippen molar-refractivity contribution in [2.24, 2.45) is 5.73 Å². The van der Waals surface area contributed by atoms with Gasteiger partial charge >= 0.3 is 0 Å². The molecule has 2 nitrogen and oxygen atoms in total. The summed E-state index contributed by atoms with van der Waals surface area (Å²) in [5, 5.41) is 0. The van der Waals surface area contributed by atoms with Gasteiger partial charge in [-0.1, -0.05) is 32.0 Å². The first-order valence-corrected chi connectivity index (χ1v) is 6.32. The molecule has 0 aliphatic heterocycles. The van der Waals surface area contributed by atoms with Crippen molar-refractivity contribution in [3.63, 3.8) is 0 Å². The second-order valence-electron chi connectivity index (χ2n) is 4.52. The molecule has 3 heteroatoms. The van der Waals surface area contributed by atoms with Crippen molar-refractivity contribution < 1.29 is 4.39 Å². The Morgan fingerprint density at radius 1 is 1.29 bits per heavy atom. The molecule has 0 fully saturated rings. The van der Waals surface area contributed by atoms with Crippen molar-refractivity contribution in [1.29, 1.82) is 0 Å². The summed E-state index contributed by atoms with van der Waals surface area (Å²) in [6.45, 7) is 5.08. The van der Waals surface area contributed by atoms with E-state index in [4.69, 9.17) is 5.73 Å². The van der Waals surface area contributed by atoms with E-state index in [2.05, 4.69) is 11.8 Å². The first-order chi connectivity index (χ1) is 8.11. The maximum absolute atomic E-state index is 13.9. The second kappa shape index (κ2) is 6.72. The molecule has 0 radical (unpaired) electrons. The third-order valence-corrected chi connectivity index (χ3v) is 3.15. The van der Waals surface area contributed by atoms with E-state index in [0.29, 0.717) is 5.56 Å². The number of nitrogens with zero attached hydrogens (tertiary/aromatic N) is 1. The second-order valence-corrected chi connectivity index (χ2v) is 4.52. The molecule has 0 aliphatic carbocycles. The summed E-state index contributed by atoms with van der Waals surface area (Å²) >= 11 is 0. The number of hydrogen-bond donors (Lipinski definition) is 1. The van der Waals surface area contributed by atoms with Crippen LogP contribution in [-0.4, -0.2) is 24.5 Å².